The van der Waals surface area contributed by atoms with E-state index in [4.69, 9.17) is 0 Å². The van der Waals surface area contributed by atoms with Gasteiger partial charge in [-0.2, -0.15) is 0 Å². The second-order valence-electron chi connectivity index (χ2n) is 5.85. The number of nitrogens with zero attached hydrogens (tertiary/aromatic N) is 2. The lowest BCUT2D eigenvalue weighted by molar-refractivity contribution is 0.109. The lowest BCUT2D eigenvalue weighted by Gasteiger charge is -2.25. The summed E-state index contributed by atoms with van der Waals surface area (Å²) in [5.41, 5.74) is 0. The maximum absolute atomic E-state index is 12.3. The quantitative estimate of drug-likeness (QED) is 0.832. The number of sulfonamides is 1. The SMILES string of the molecule is CCCn1cc(S(=O)(=O)NCC2CCC(O)CC2)nc1C. The number of hydrogen-bond acceptors (Lipinski definition) is 4. The zero-order chi connectivity index (χ0) is 15.5. The molecule has 1 fully saturated rings. The summed E-state index contributed by atoms with van der Waals surface area (Å²) >= 11 is 0. The Morgan fingerprint density at radius 1 is 1.38 bits per heavy atom. The van der Waals surface area contributed by atoms with Crippen LogP contribution in [-0.4, -0.2) is 35.7 Å². The van der Waals surface area contributed by atoms with Crippen molar-refractivity contribution in [1.29, 1.82) is 0 Å². The van der Waals surface area contributed by atoms with Crippen molar-refractivity contribution in [1.82, 2.24) is 14.3 Å². The standard InChI is InChI=1S/C14H25N3O3S/c1-3-8-17-10-14(16-11(17)2)21(19,20)15-9-12-4-6-13(18)7-5-12/h10,12-13,15,18H,3-9H2,1-2H3. The van der Waals surface area contributed by atoms with Gasteiger partial charge in [0, 0.05) is 19.3 Å². The van der Waals surface area contributed by atoms with Crippen molar-refractivity contribution in [3.05, 3.63) is 12.0 Å². The summed E-state index contributed by atoms with van der Waals surface area (Å²) in [5.74, 6) is 1.03. The molecule has 0 radical (unpaired) electrons. The first-order valence-corrected chi connectivity index (χ1v) is 9.12. The monoisotopic (exact) mass is 315 g/mol. The molecule has 0 aromatic carbocycles. The Morgan fingerprint density at radius 3 is 2.67 bits per heavy atom. The zero-order valence-corrected chi connectivity index (χ0v) is 13.6. The molecule has 0 bridgehead atoms. The molecule has 1 heterocycles. The van der Waals surface area contributed by atoms with Gasteiger partial charge in [-0.1, -0.05) is 6.92 Å². The molecular weight excluding hydrogens is 290 g/mol. The van der Waals surface area contributed by atoms with E-state index in [1.54, 1.807) is 6.20 Å². The van der Waals surface area contributed by atoms with Crippen LogP contribution in [0.5, 0.6) is 0 Å². The topological polar surface area (TPSA) is 84.2 Å². The molecule has 1 aliphatic carbocycles. The average Bonchev–Trinajstić information content (AvgIpc) is 2.81. The van der Waals surface area contributed by atoms with Gasteiger partial charge in [-0.3, -0.25) is 0 Å². The first-order chi connectivity index (χ1) is 9.92. The smallest absolute Gasteiger partial charge is 0.259 e. The van der Waals surface area contributed by atoms with Crippen LogP contribution in [-0.2, 0) is 16.6 Å². The van der Waals surface area contributed by atoms with Gasteiger partial charge in [0.25, 0.3) is 10.0 Å². The van der Waals surface area contributed by atoms with E-state index in [2.05, 4.69) is 9.71 Å². The third kappa shape index (κ3) is 4.28. The van der Waals surface area contributed by atoms with E-state index in [0.29, 0.717) is 12.5 Å². The van der Waals surface area contributed by atoms with Gasteiger partial charge in [0.05, 0.1) is 6.10 Å². The van der Waals surface area contributed by atoms with Gasteiger partial charge in [-0.15, -0.1) is 0 Å². The molecule has 0 aliphatic heterocycles. The van der Waals surface area contributed by atoms with Gasteiger partial charge in [-0.25, -0.2) is 18.1 Å². The van der Waals surface area contributed by atoms with Gasteiger partial charge < -0.3 is 9.67 Å². The molecule has 2 rings (SSSR count). The Labute approximate surface area is 126 Å². The zero-order valence-electron chi connectivity index (χ0n) is 12.7. The predicted octanol–water partition coefficient (Wildman–Crippen LogP) is 1.43. The largest absolute Gasteiger partial charge is 0.393 e. The molecule has 6 nitrogen and oxygen atoms in total. The highest BCUT2D eigenvalue weighted by atomic mass is 32.2. The molecule has 1 aliphatic rings. The van der Waals surface area contributed by atoms with Crippen molar-refractivity contribution < 1.29 is 13.5 Å². The van der Waals surface area contributed by atoms with Crippen LogP contribution >= 0.6 is 0 Å². The van der Waals surface area contributed by atoms with E-state index in [-0.39, 0.29) is 11.1 Å². The molecule has 0 atom stereocenters. The van der Waals surface area contributed by atoms with Crippen LogP contribution in [0.1, 0.15) is 44.9 Å². The minimum atomic E-state index is -3.54. The fourth-order valence-corrected chi connectivity index (χ4v) is 3.85. The van der Waals surface area contributed by atoms with Crippen LogP contribution in [0.3, 0.4) is 0 Å². The van der Waals surface area contributed by atoms with Crippen molar-refractivity contribution >= 4 is 10.0 Å². The number of aliphatic hydroxyl groups is 1. The number of nitrogens with one attached hydrogen (secondary N) is 1. The van der Waals surface area contributed by atoms with Gasteiger partial charge in [0.1, 0.15) is 5.82 Å². The molecular formula is C14H25N3O3S. The highest BCUT2D eigenvalue weighted by molar-refractivity contribution is 7.89. The maximum atomic E-state index is 12.3. The fourth-order valence-electron chi connectivity index (χ4n) is 2.73. The van der Waals surface area contributed by atoms with E-state index in [1.165, 1.54) is 0 Å². The van der Waals surface area contributed by atoms with Crippen molar-refractivity contribution in [2.75, 3.05) is 6.54 Å². The van der Waals surface area contributed by atoms with E-state index >= 15 is 0 Å². The van der Waals surface area contributed by atoms with Gasteiger partial charge in [0.2, 0.25) is 0 Å². The van der Waals surface area contributed by atoms with Crippen molar-refractivity contribution in [2.24, 2.45) is 5.92 Å². The fraction of sp³-hybridized carbons (Fsp3) is 0.786. The van der Waals surface area contributed by atoms with E-state index in [9.17, 15) is 13.5 Å². The van der Waals surface area contributed by atoms with Gasteiger partial charge in [-0.05, 0) is 44.9 Å². The van der Waals surface area contributed by atoms with E-state index in [0.717, 1.165) is 44.5 Å². The summed E-state index contributed by atoms with van der Waals surface area (Å²) in [4.78, 5) is 4.15. The van der Waals surface area contributed by atoms with Crippen LogP contribution in [0.15, 0.2) is 11.2 Å². The van der Waals surface area contributed by atoms with Crippen LogP contribution in [0.25, 0.3) is 0 Å². The number of hydrogen-bond donors (Lipinski definition) is 2. The Bertz CT molecular complexity index is 560. The lowest BCUT2D eigenvalue weighted by atomic mass is 9.88. The Morgan fingerprint density at radius 2 is 2.05 bits per heavy atom. The third-order valence-electron chi connectivity index (χ3n) is 4.07. The average molecular weight is 315 g/mol. The molecule has 1 aromatic rings. The molecule has 1 aromatic heterocycles. The number of aromatic nitrogens is 2. The highest BCUT2D eigenvalue weighted by Crippen LogP contribution is 2.24. The Balaban J connectivity index is 1.96. The van der Waals surface area contributed by atoms with Gasteiger partial charge in [0.15, 0.2) is 5.03 Å². The molecule has 7 heteroatoms. The first kappa shape index (κ1) is 16.5. The molecule has 0 saturated heterocycles. The molecule has 1 saturated carbocycles. The van der Waals surface area contributed by atoms with E-state index in [1.807, 2.05) is 18.4 Å². The van der Waals surface area contributed by atoms with Crippen LogP contribution in [0.4, 0.5) is 0 Å². The maximum Gasteiger partial charge on any atom is 0.259 e. The second-order valence-corrected chi connectivity index (χ2v) is 7.56. The summed E-state index contributed by atoms with van der Waals surface area (Å²) in [6.07, 6.45) is 5.58. The molecule has 21 heavy (non-hydrogen) atoms. The minimum Gasteiger partial charge on any atom is -0.393 e. The van der Waals surface area contributed by atoms with Crippen LogP contribution in [0.2, 0.25) is 0 Å². The molecule has 0 amide bonds. The number of aliphatic hydroxyl groups excluding tert-OH is 1. The first-order valence-electron chi connectivity index (χ1n) is 7.64. The third-order valence-corrected chi connectivity index (χ3v) is 5.37. The predicted molar refractivity (Wildman–Crippen MR) is 80.4 cm³/mol. The number of rotatable bonds is 6. The highest BCUT2D eigenvalue weighted by Gasteiger charge is 2.23. The summed E-state index contributed by atoms with van der Waals surface area (Å²) in [6.45, 7) is 5.06. The Kier molecular flexibility index (Phi) is 5.40. The summed E-state index contributed by atoms with van der Waals surface area (Å²) in [7, 11) is -3.54. The summed E-state index contributed by atoms with van der Waals surface area (Å²) in [5, 5.41) is 9.57. The second kappa shape index (κ2) is 6.89. The van der Waals surface area contributed by atoms with Crippen molar-refractivity contribution in [3.63, 3.8) is 0 Å². The molecule has 0 spiro atoms. The number of imidazole rings is 1. The number of aryl methyl sites for hydroxylation is 2. The normalized spacial score (nSPS) is 23.4. The van der Waals surface area contributed by atoms with Crippen molar-refractivity contribution in [3.8, 4) is 0 Å². The van der Waals surface area contributed by atoms with Crippen molar-refractivity contribution in [2.45, 2.75) is 63.6 Å². The molecule has 2 N–H and O–H groups in total. The Hall–Kier alpha value is -0.920. The lowest BCUT2D eigenvalue weighted by Crippen LogP contribution is -2.32. The van der Waals surface area contributed by atoms with Crippen LogP contribution in [0, 0.1) is 12.8 Å². The van der Waals surface area contributed by atoms with Crippen LogP contribution < -0.4 is 4.72 Å². The summed E-state index contributed by atoms with van der Waals surface area (Å²) < 4.78 is 29.1. The molecule has 0 unspecified atom stereocenters. The van der Waals surface area contributed by atoms with Gasteiger partial charge >= 0.3 is 0 Å². The summed E-state index contributed by atoms with van der Waals surface area (Å²) in [6, 6.07) is 0. The minimum absolute atomic E-state index is 0.101. The molecule has 120 valence electrons. The van der Waals surface area contributed by atoms with E-state index < -0.39 is 10.0 Å².